The van der Waals surface area contributed by atoms with E-state index in [1.54, 1.807) is 0 Å². The summed E-state index contributed by atoms with van der Waals surface area (Å²) in [5.41, 5.74) is 0.625. The third-order valence-corrected chi connectivity index (χ3v) is 3.71. The molecule has 0 aliphatic heterocycles. The number of sulfone groups is 1. The maximum Gasteiger partial charge on any atom is 0.175 e. The van der Waals surface area contributed by atoms with Gasteiger partial charge in [-0.1, -0.05) is 0 Å². The van der Waals surface area contributed by atoms with E-state index in [0.717, 1.165) is 18.4 Å². The molecule has 0 N–H and O–H groups in total. The van der Waals surface area contributed by atoms with Crippen LogP contribution in [0.3, 0.4) is 0 Å². The molecule has 0 aromatic heterocycles. The van der Waals surface area contributed by atoms with Gasteiger partial charge in [-0.05, 0) is 36.4 Å². The minimum atomic E-state index is -3.25. The van der Waals surface area contributed by atoms with Gasteiger partial charge in [-0.25, -0.2) is 17.2 Å². The smallest absolute Gasteiger partial charge is 0.175 e. The summed E-state index contributed by atoms with van der Waals surface area (Å²) in [5, 5.41) is 0. The van der Waals surface area contributed by atoms with E-state index in [0.29, 0.717) is 5.69 Å². The van der Waals surface area contributed by atoms with Gasteiger partial charge in [-0.15, -0.1) is 0 Å². The van der Waals surface area contributed by atoms with Gasteiger partial charge in [0.1, 0.15) is 11.6 Å². The molecular formula is C14H11F2NO2S. The van der Waals surface area contributed by atoms with Crippen molar-refractivity contribution in [2.75, 3.05) is 6.26 Å². The van der Waals surface area contributed by atoms with Gasteiger partial charge in [-0.3, -0.25) is 4.99 Å². The summed E-state index contributed by atoms with van der Waals surface area (Å²) in [6.07, 6.45) is 2.36. The lowest BCUT2D eigenvalue weighted by Gasteiger charge is -1.99. The van der Waals surface area contributed by atoms with E-state index in [1.165, 1.54) is 36.5 Å². The Labute approximate surface area is 115 Å². The van der Waals surface area contributed by atoms with E-state index in [9.17, 15) is 17.2 Å². The normalized spacial score (nSPS) is 11.9. The van der Waals surface area contributed by atoms with E-state index in [-0.39, 0.29) is 10.5 Å². The minimum absolute atomic E-state index is 0.151. The van der Waals surface area contributed by atoms with Crippen LogP contribution in [0.25, 0.3) is 0 Å². The van der Waals surface area contributed by atoms with E-state index in [2.05, 4.69) is 4.99 Å². The SMILES string of the molecule is CS(=O)(=O)c1ccc(N=Cc2ccc(F)cc2F)cc1. The summed E-state index contributed by atoms with van der Waals surface area (Å²) in [5.74, 6) is -1.36. The standard InChI is InChI=1S/C14H11F2NO2S/c1-20(18,19)13-6-4-12(5-7-13)17-9-10-2-3-11(15)8-14(10)16/h2-9H,1H3. The topological polar surface area (TPSA) is 46.5 Å². The fraction of sp³-hybridized carbons (Fsp3) is 0.0714. The highest BCUT2D eigenvalue weighted by molar-refractivity contribution is 7.90. The van der Waals surface area contributed by atoms with Crippen LogP contribution in [0.4, 0.5) is 14.5 Å². The van der Waals surface area contributed by atoms with Gasteiger partial charge in [0.05, 0.1) is 10.6 Å². The van der Waals surface area contributed by atoms with Gasteiger partial charge < -0.3 is 0 Å². The molecule has 0 aliphatic carbocycles. The molecule has 3 nitrogen and oxygen atoms in total. The third-order valence-electron chi connectivity index (χ3n) is 2.58. The number of halogens is 2. The van der Waals surface area contributed by atoms with Crippen molar-refractivity contribution in [3.63, 3.8) is 0 Å². The maximum atomic E-state index is 13.4. The Hall–Kier alpha value is -2.08. The zero-order chi connectivity index (χ0) is 14.8. The summed E-state index contributed by atoms with van der Waals surface area (Å²) >= 11 is 0. The van der Waals surface area contributed by atoms with Crippen LogP contribution in [-0.4, -0.2) is 20.9 Å². The first-order valence-electron chi connectivity index (χ1n) is 5.65. The Morgan fingerprint density at radius 3 is 2.25 bits per heavy atom. The summed E-state index contributed by atoms with van der Waals surface area (Å²) in [7, 11) is -3.25. The van der Waals surface area contributed by atoms with Crippen molar-refractivity contribution < 1.29 is 17.2 Å². The molecule has 2 aromatic rings. The first-order chi connectivity index (χ1) is 9.36. The van der Waals surface area contributed by atoms with Crippen LogP contribution in [0.1, 0.15) is 5.56 Å². The lowest BCUT2D eigenvalue weighted by atomic mass is 10.2. The van der Waals surface area contributed by atoms with Crippen molar-refractivity contribution in [2.24, 2.45) is 4.99 Å². The van der Waals surface area contributed by atoms with Crippen molar-refractivity contribution in [1.82, 2.24) is 0 Å². The van der Waals surface area contributed by atoms with Crippen LogP contribution >= 0.6 is 0 Å². The lowest BCUT2D eigenvalue weighted by Crippen LogP contribution is -1.95. The van der Waals surface area contributed by atoms with Crippen molar-refractivity contribution in [1.29, 1.82) is 0 Å². The molecule has 2 rings (SSSR count). The van der Waals surface area contributed by atoms with Gasteiger partial charge in [0, 0.05) is 24.1 Å². The first-order valence-corrected chi connectivity index (χ1v) is 7.54. The Kier molecular flexibility index (Phi) is 3.94. The van der Waals surface area contributed by atoms with Crippen molar-refractivity contribution in [3.8, 4) is 0 Å². The highest BCUT2D eigenvalue weighted by Gasteiger charge is 2.05. The van der Waals surface area contributed by atoms with Crippen LogP contribution in [-0.2, 0) is 9.84 Å². The molecule has 0 radical (unpaired) electrons. The second-order valence-corrected chi connectivity index (χ2v) is 6.21. The predicted octanol–water partition coefficient (Wildman–Crippen LogP) is 3.12. The van der Waals surface area contributed by atoms with Crippen LogP contribution in [0.15, 0.2) is 52.4 Å². The average molecular weight is 295 g/mol. The molecular weight excluding hydrogens is 284 g/mol. The summed E-state index contributed by atoms with van der Waals surface area (Å²) in [4.78, 5) is 4.19. The molecule has 0 unspecified atom stereocenters. The van der Waals surface area contributed by atoms with Crippen LogP contribution in [0, 0.1) is 11.6 Å². The molecule has 0 atom stereocenters. The Morgan fingerprint density at radius 2 is 1.70 bits per heavy atom. The monoisotopic (exact) mass is 295 g/mol. The highest BCUT2D eigenvalue weighted by Crippen LogP contribution is 2.17. The molecule has 0 spiro atoms. The predicted molar refractivity (Wildman–Crippen MR) is 73.2 cm³/mol. The molecule has 20 heavy (non-hydrogen) atoms. The molecule has 0 saturated carbocycles. The molecule has 0 heterocycles. The zero-order valence-corrected chi connectivity index (χ0v) is 11.4. The molecule has 0 saturated heterocycles. The summed E-state index contributed by atoms with van der Waals surface area (Å²) < 4.78 is 48.6. The van der Waals surface area contributed by atoms with Gasteiger partial charge >= 0.3 is 0 Å². The Morgan fingerprint density at radius 1 is 1.05 bits per heavy atom. The molecule has 2 aromatic carbocycles. The Balaban J connectivity index is 2.24. The van der Waals surface area contributed by atoms with Gasteiger partial charge in [0.25, 0.3) is 0 Å². The maximum absolute atomic E-state index is 13.4. The largest absolute Gasteiger partial charge is 0.256 e. The van der Waals surface area contributed by atoms with Gasteiger partial charge in [-0.2, -0.15) is 0 Å². The third kappa shape index (κ3) is 3.48. The van der Waals surface area contributed by atoms with Crippen molar-refractivity contribution in [3.05, 3.63) is 59.7 Å². The molecule has 0 bridgehead atoms. The Bertz CT molecular complexity index is 753. The highest BCUT2D eigenvalue weighted by atomic mass is 32.2. The van der Waals surface area contributed by atoms with Gasteiger partial charge in [0.15, 0.2) is 9.84 Å². The van der Waals surface area contributed by atoms with E-state index in [1.807, 2.05) is 0 Å². The molecule has 6 heteroatoms. The van der Waals surface area contributed by atoms with E-state index in [4.69, 9.17) is 0 Å². The molecule has 0 amide bonds. The fourth-order valence-corrected chi connectivity index (χ4v) is 2.16. The van der Waals surface area contributed by atoms with Crippen molar-refractivity contribution in [2.45, 2.75) is 4.90 Å². The fourth-order valence-electron chi connectivity index (χ4n) is 1.53. The number of hydrogen-bond acceptors (Lipinski definition) is 3. The number of rotatable bonds is 3. The summed E-state index contributed by atoms with van der Waals surface area (Å²) in [6.45, 7) is 0. The minimum Gasteiger partial charge on any atom is -0.256 e. The lowest BCUT2D eigenvalue weighted by molar-refractivity contribution is 0.582. The van der Waals surface area contributed by atoms with Crippen LogP contribution in [0.2, 0.25) is 0 Å². The number of aliphatic imine (C=N–C) groups is 1. The average Bonchev–Trinajstić information content (AvgIpc) is 2.37. The number of nitrogens with zero attached hydrogens (tertiary/aromatic N) is 1. The van der Waals surface area contributed by atoms with E-state index >= 15 is 0 Å². The van der Waals surface area contributed by atoms with Crippen LogP contribution < -0.4 is 0 Å². The molecule has 0 aliphatic rings. The van der Waals surface area contributed by atoms with Crippen LogP contribution in [0.5, 0.6) is 0 Å². The van der Waals surface area contributed by atoms with Crippen molar-refractivity contribution >= 4 is 21.7 Å². The number of hydrogen-bond donors (Lipinski definition) is 0. The summed E-state index contributed by atoms with van der Waals surface area (Å²) in [6, 6.07) is 9.04. The quantitative estimate of drug-likeness (QED) is 0.817. The van der Waals surface area contributed by atoms with E-state index < -0.39 is 21.5 Å². The van der Waals surface area contributed by atoms with Gasteiger partial charge in [0.2, 0.25) is 0 Å². The second kappa shape index (κ2) is 5.50. The second-order valence-electron chi connectivity index (χ2n) is 4.19. The molecule has 104 valence electrons. The molecule has 0 fully saturated rings. The zero-order valence-electron chi connectivity index (χ0n) is 10.5. The number of benzene rings is 2. The first kappa shape index (κ1) is 14.3.